The van der Waals surface area contributed by atoms with E-state index in [2.05, 4.69) is 0 Å². The number of esters is 1. The van der Waals surface area contributed by atoms with Crippen molar-refractivity contribution in [1.82, 2.24) is 0 Å². The summed E-state index contributed by atoms with van der Waals surface area (Å²) >= 11 is 0. The molecule has 10 atom stereocenters. The van der Waals surface area contributed by atoms with Crippen LogP contribution in [0.4, 0.5) is 0 Å². The van der Waals surface area contributed by atoms with Crippen LogP contribution in [0.3, 0.4) is 0 Å². The maximum absolute atomic E-state index is 12.9. The Bertz CT molecular complexity index is 906. The van der Waals surface area contributed by atoms with Crippen LogP contribution >= 0.6 is 0 Å². The molecule has 0 heterocycles. The van der Waals surface area contributed by atoms with E-state index in [1.165, 1.54) is 0 Å². The van der Waals surface area contributed by atoms with Gasteiger partial charge in [-0.1, -0.05) is 53.7 Å². The van der Waals surface area contributed by atoms with Crippen LogP contribution in [0.5, 0.6) is 0 Å². The zero-order chi connectivity index (χ0) is 24.9. The molecule has 2 bridgehead atoms. The standard InChI is InChI=1S/C26H40O7/c1-12(2)15(5)22(30)33-21-13(3)9-24-14(4)10-25(31)18(23(25,6)7)17(20(24)29)8-16(11-27)19(28)26(21,24)32/h8-9,12,14-15,17-21,27-29,31-32H,10-11H2,1-7H3/t14-,15?,17+,18+,19-,20?,21+,24+,25+,26+/m1/s1. The lowest BCUT2D eigenvalue weighted by molar-refractivity contribution is -0.227. The normalized spacial score (nSPS) is 48.6. The van der Waals surface area contributed by atoms with Gasteiger partial charge in [0.1, 0.15) is 11.7 Å². The van der Waals surface area contributed by atoms with Crippen LogP contribution < -0.4 is 0 Å². The van der Waals surface area contributed by atoms with Crippen LogP contribution in [-0.4, -0.2) is 67.6 Å². The predicted octanol–water partition coefficient (Wildman–Crippen LogP) is 1.56. The summed E-state index contributed by atoms with van der Waals surface area (Å²) < 4.78 is 5.87. The molecule has 7 nitrogen and oxygen atoms in total. The molecule has 0 aromatic heterocycles. The third-order valence-electron chi connectivity index (χ3n) is 9.93. The van der Waals surface area contributed by atoms with Crippen LogP contribution in [0.2, 0.25) is 0 Å². The highest BCUT2D eigenvalue weighted by Gasteiger charge is 2.81. The van der Waals surface area contributed by atoms with Crippen LogP contribution in [-0.2, 0) is 9.53 Å². The molecule has 0 saturated heterocycles. The van der Waals surface area contributed by atoms with Crippen LogP contribution in [0.1, 0.15) is 54.9 Å². The molecular weight excluding hydrogens is 424 g/mol. The average molecular weight is 465 g/mol. The lowest BCUT2D eigenvalue weighted by Crippen LogP contribution is -2.67. The summed E-state index contributed by atoms with van der Waals surface area (Å²) in [5.41, 5.74) is -4.27. The highest BCUT2D eigenvalue weighted by molar-refractivity contribution is 5.73. The SMILES string of the molecule is CC1=C[C@]23C(O)[C@@H](C=C(CO)[C@@H](O)[C@]2(O)[C@H]1OC(=O)C(C)C(C)C)[C@H]1C(C)(C)[C@]1(O)C[C@H]3C. The molecule has 0 aliphatic heterocycles. The number of carbonyl (C=O) groups excluding carboxylic acids is 1. The van der Waals surface area contributed by atoms with Crippen molar-refractivity contribution in [2.45, 2.75) is 84.4 Å². The van der Waals surface area contributed by atoms with Gasteiger partial charge in [0, 0.05) is 17.3 Å². The van der Waals surface area contributed by atoms with E-state index < -0.39 is 70.7 Å². The molecule has 4 rings (SSSR count). The molecule has 2 fully saturated rings. The molecule has 2 saturated carbocycles. The summed E-state index contributed by atoms with van der Waals surface area (Å²) in [6.07, 6.45) is -0.191. The van der Waals surface area contributed by atoms with Gasteiger partial charge in [-0.3, -0.25) is 4.79 Å². The first kappa shape index (κ1) is 24.9. The zero-order valence-corrected chi connectivity index (χ0v) is 20.7. The van der Waals surface area contributed by atoms with Crippen LogP contribution in [0, 0.1) is 40.4 Å². The van der Waals surface area contributed by atoms with Crippen molar-refractivity contribution < 1.29 is 35.1 Å². The number of ether oxygens (including phenoxy) is 1. The van der Waals surface area contributed by atoms with E-state index in [0.29, 0.717) is 12.0 Å². The minimum absolute atomic E-state index is 0.0223. The smallest absolute Gasteiger partial charge is 0.309 e. The molecule has 0 radical (unpaired) electrons. The molecule has 7 heteroatoms. The van der Waals surface area contributed by atoms with Gasteiger partial charge in [-0.15, -0.1) is 0 Å². The molecule has 2 unspecified atom stereocenters. The third kappa shape index (κ3) is 2.83. The summed E-state index contributed by atoms with van der Waals surface area (Å²) in [7, 11) is 0. The minimum Gasteiger partial charge on any atom is -0.454 e. The zero-order valence-electron chi connectivity index (χ0n) is 20.7. The molecule has 1 spiro atoms. The Kier molecular flexibility index (Phi) is 5.56. The minimum atomic E-state index is -2.09. The van der Waals surface area contributed by atoms with Gasteiger partial charge in [0.15, 0.2) is 6.10 Å². The Labute approximate surface area is 196 Å². The fraction of sp³-hybridized carbons (Fsp3) is 0.808. The van der Waals surface area contributed by atoms with Gasteiger partial charge in [0.25, 0.3) is 0 Å². The van der Waals surface area contributed by atoms with Crippen LogP contribution in [0.25, 0.3) is 0 Å². The Hall–Kier alpha value is -1.25. The quantitative estimate of drug-likeness (QED) is 0.316. The van der Waals surface area contributed by atoms with E-state index in [4.69, 9.17) is 4.74 Å². The van der Waals surface area contributed by atoms with Crippen molar-refractivity contribution in [2.24, 2.45) is 40.4 Å². The highest BCUT2D eigenvalue weighted by Crippen LogP contribution is 2.74. The first-order valence-electron chi connectivity index (χ1n) is 12.1. The topological polar surface area (TPSA) is 127 Å². The number of aliphatic hydroxyl groups excluding tert-OH is 3. The Morgan fingerprint density at radius 3 is 2.36 bits per heavy atom. The Morgan fingerprint density at radius 1 is 1.21 bits per heavy atom. The van der Waals surface area contributed by atoms with Crippen LogP contribution in [0.15, 0.2) is 23.3 Å². The van der Waals surface area contributed by atoms with E-state index in [1.807, 2.05) is 34.6 Å². The maximum Gasteiger partial charge on any atom is 0.309 e. The molecule has 5 N–H and O–H groups in total. The molecule has 0 aromatic rings. The molecular formula is C26H40O7. The lowest BCUT2D eigenvalue weighted by Gasteiger charge is -2.52. The summed E-state index contributed by atoms with van der Waals surface area (Å²) in [5.74, 6) is -2.22. The summed E-state index contributed by atoms with van der Waals surface area (Å²) in [6.45, 7) is 12.6. The number of rotatable bonds is 4. The molecule has 4 aliphatic carbocycles. The van der Waals surface area contributed by atoms with Crippen molar-refractivity contribution in [1.29, 1.82) is 0 Å². The fourth-order valence-electron chi connectivity index (χ4n) is 7.50. The number of hydrogen-bond donors (Lipinski definition) is 5. The van der Waals surface area contributed by atoms with E-state index >= 15 is 0 Å². The van der Waals surface area contributed by atoms with E-state index in [1.54, 1.807) is 26.0 Å². The predicted molar refractivity (Wildman–Crippen MR) is 122 cm³/mol. The first-order chi connectivity index (χ1) is 15.1. The number of carbonyl (C=O) groups is 1. The van der Waals surface area contributed by atoms with Crippen molar-refractivity contribution in [3.63, 3.8) is 0 Å². The highest BCUT2D eigenvalue weighted by atomic mass is 16.6. The summed E-state index contributed by atoms with van der Waals surface area (Å²) in [6, 6.07) is 0. The summed E-state index contributed by atoms with van der Waals surface area (Å²) in [5, 5.41) is 57.5. The van der Waals surface area contributed by atoms with E-state index in [0.717, 1.165) is 0 Å². The molecule has 186 valence electrons. The van der Waals surface area contributed by atoms with Gasteiger partial charge < -0.3 is 30.3 Å². The van der Waals surface area contributed by atoms with Gasteiger partial charge in [-0.2, -0.15) is 0 Å². The largest absolute Gasteiger partial charge is 0.454 e. The van der Waals surface area contributed by atoms with Gasteiger partial charge >= 0.3 is 5.97 Å². The van der Waals surface area contributed by atoms with Gasteiger partial charge in [-0.25, -0.2) is 0 Å². The van der Waals surface area contributed by atoms with E-state index in [-0.39, 0.29) is 17.4 Å². The Balaban J connectivity index is 1.89. The third-order valence-corrected chi connectivity index (χ3v) is 9.93. The second-order valence-corrected chi connectivity index (χ2v) is 12.0. The van der Waals surface area contributed by atoms with Crippen molar-refractivity contribution in [3.05, 3.63) is 23.3 Å². The van der Waals surface area contributed by atoms with Gasteiger partial charge in [-0.05, 0) is 36.3 Å². The van der Waals surface area contributed by atoms with Gasteiger partial charge in [0.2, 0.25) is 0 Å². The van der Waals surface area contributed by atoms with Gasteiger partial charge in [0.05, 0.1) is 29.6 Å². The van der Waals surface area contributed by atoms with Crippen molar-refractivity contribution in [2.75, 3.05) is 6.61 Å². The lowest BCUT2D eigenvalue weighted by atomic mass is 9.58. The second kappa shape index (κ2) is 7.37. The Morgan fingerprint density at radius 2 is 1.82 bits per heavy atom. The number of hydrogen-bond acceptors (Lipinski definition) is 7. The second-order valence-electron chi connectivity index (χ2n) is 12.0. The molecule has 4 aliphatic rings. The molecule has 0 aromatic carbocycles. The number of aliphatic hydroxyl groups is 5. The monoisotopic (exact) mass is 464 g/mol. The van der Waals surface area contributed by atoms with Crippen molar-refractivity contribution in [3.8, 4) is 0 Å². The fourth-order valence-corrected chi connectivity index (χ4v) is 7.50. The van der Waals surface area contributed by atoms with Crippen molar-refractivity contribution >= 4 is 5.97 Å². The molecule has 0 amide bonds. The summed E-state index contributed by atoms with van der Waals surface area (Å²) in [4.78, 5) is 12.9. The molecule has 33 heavy (non-hydrogen) atoms. The van der Waals surface area contributed by atoms with E-state index in [9.17, 15) is 30.3 Å². The average Bonchev–Trinajstić information content (AvgIpc) is 3.10. The number of fused-ring (bicyclic) bond motifs is 3. The first-order valence-corrected chi connectivity index (χ1v) is 12.1. The maximum atomic E-state index is 12.9.